The Labute approximate surface area is 146 Å². The summed E-state index contributed by atoms with van der Waals surface area (Å²) >= 11 is 11.7. The van der Waals surface area contributed by atoms with Gasteiger partial charge in [0.05, 0.1) is 5.02 Å². The SMILES string of the molecule is O=C(COc1ccc(Cl)cc1Cl)Nc1nnc(-c2ccccn2)o1. The minimum atomic E-state index is -0.475. The summed E-state index contributed by atoms with van der Waals surface area (Å²) in [7, 11) is 0. The molecule has 0 atom stereocenters. The van der Waals surface area contributed by atoms with Crippen LogP contribution in [0.5, 0.6) is 5.75 Å². The van der Waals surface area contributed by atoms with Crippen molar-refractivity contribution < 1.29 is 13.9 Å². The highest BCUT2D eigenvalue weighted by Crippen LogP contribution is 2.27. The van der Waals surface area contributed by atoms with E-state index >= 15 is 0 Å². The number of anilines is 1. The summed E-state index contributed by atoms with van der Waals surface area (Å²) < 4.78 is 10.6. The van der Waals surface area contributed by atoms with Crippen molar-refractivity contribution in [2.45, 2.75) is 0 Å². The molecule has 2 aromatic heterocycles. The molecule has 1 aromatic carbocycles. The first-order valence-electron chi connectivity index (χ1n) is 6.74. The number of nitrogens with zero attached hydrogens (tertiary/aromatic N) is 3. The fraction of sp³-hybridized carbons (Fsp3) is 0.0667. The van der Waals surface area contributed by atoms with Gasteiger partial charge in [0.25, 0.3) is 11.8 Å². The molecule has 0 bridgehead atoms. The molecule has 7 nitrogen and oxygen atoms in total. The number of benzene rings is 1. The van der Waals surface area contributed by atoms with E-state index in [0.29, 0.717) is 21.5 Å². The zero-order valence-corrected chi connectivity index (χ0v) is 13.6. The molecule has 0 aliphatic heterocycles. The summed E-state index contributed by atoms with van der Waals surface area (Å²) in [4.78, 5) is 15.9. The third-order valence-corrected chi connectivity index (χ3v) is 3.34. The number of halogens is 2. The van der Waals surface area contributed by atoms with Crippen molar-refractivity contribution in [2.24, 2.45) is 0 Å². The molecule has 0 saturated heterocycles. The number of ether oxygens (including phenoxy) is 1. The Morgan fingerprint density at radius 1 is 1.21 bits per heavy atom. The van der Waals surface area contributed by atoms with Gasteiger partial charge in [0, 0.05) is 11.2 Å². The fourth-order valence-corrected chi connectivity index (χ4v) is 2.22. The van der Waals surface area contributed by atoms with E-state index in [4.69, 9.17) is 32.4 Å². The van der Waals surface area contributed by atoms with Crippen LogP contribution >= 0.6 is 23.2 Å². The van der Waals surface area contributed by atoms with Gasteiger partial charge in [-0.05, 0) is 30.3 Å². The van der Waals surface area contributed by atoms with Crippen molar-refractivity contribution in [3.05, 3.63) is 52.6 Å². The molecule has 3 rings (SSSR count). The summed E-state index contributed by atoms with van der Waals surface area (Å²) in [6, 6.07) is 9.92. The van der Waals surface area contributed by atoms with Crippen LogP contribution in [0.15, 0.2) is 47.0 Å². The molecule has 0 fully saturated rings. The normalized spacial score (nSPS) is 10.4. The average Bonchev–Trinajstić information content (AvgIpc) is 3.03. The summed E-state index contributed by atoms with van der Waals surface area (Å²) in [5.41, 5.74) is 0.509. The largest absolute Gasteiger partial charge is 0.482 e. The maximum atomic E-state index is 11.9. The van der Waals surface area contributed by atoms with Gasteiger partial charge in [-0.1, -0.05) is 34.4 Å². The first-order chi connectivity index (χ1) is 11.6. The van der Waals surface area contributed by atoms with Gasteiger partial charge in [0.15, 0.2) is 6.61 Å². The molecule has 2 heterocycles. The van der Waals surface area contributed by atoms with Gasteiger partial charge in [-0.25, -0.2) is 0 Å². The lowest BCUT2D eigenvalue weighted by atomic mass is 10.3. The van der Waals surface area contributed by atoms with Crippen LogP contribution in [0.2, 0.25) is 10.0 Å². The molecule has 24 heavy (non-hydrogen) atoms. The van der Waals surface area contributed by atoms with E-state index in [0.717, 1.165) is 0 Å². The predicted molar refractivity (Wildman–Crippen MR) is 88.1 cm³/mol. The lowest BCUT2D eigenvalue weighted by Gasteiger charge is -2.07. The van der Waals surface area contributed by atoms with Gasteiger partial charge < -0.3 is 9.15 Å². The molecule has 0 saturated carbocycles. The quantitative estimate of drug-likeness (QED) is 0.745. The van der Waals surface area contributed by atoms with Crippen molar-refractivity contribution in [2.75, 3.05) is 11.9 Å². The van der Waals surface area contributed by atoms with Crippen molar-refractivity contribution >= 4 is 35.1 Å². The van der Waals surface area contributed by atoms with E-state index in [-0.39, 0.29) is 18.5 Å². The van der Waals surface area contributed by atoms with Crippen LogP contribution < -0.4 is 10.1 Å². The van der Waals surface area contributed by atoms with Gasteiger partial charge in [-0.3, -0.25) is 15.1 Å². The second kappa shape index (κ2) is 7.29. The van der Waals surface area contributed by atoms with Crippen molar-refractivity contribution in [3.8, 4) is 17.3 Å². The van der Waals surface area contributed by atoms with E-state index in [2.05, 4.69) is 20.5 Å². The highest BCUT2D eigenvalue weighted by molar-refractivity contribution is 6.35. The smallest absolute Gasteiger partial charge is 0.322 e. The maximum absolute atomic E-state index is 11.9. The molecule has 0 aliphatic rings. The molecular weight excluding hydrogens is 355 g/mol. The van der Waals surface area contributed by atoms with Crippen LogP contribution in [0.1, 0.15) is 0 Å². The standard InChI is InChI=1S/C15H10Cl2N4O3/c16-9-4-5-12(10(17)7-9)23-8-13(22)19-15-21-20-14(24-15)11-3-1-2-6-18-11/h1-7H,8H2,(H,19,21,22). The molecule has 0 spiro atoms. The topological polar surface area (TPSA) is 90.1 Å². The van der Waals surface area contributed by atoms with E-state index < -0.39 is 5.91 Å². The molecule has 3 aromatic rings. The second-order valence-corrected chi connectivity index (χ2v) is 5.38. The number of pyridine rings is 1. The molecule has 0 aliphatic carbocycles. The van der Waals surface area contributed by atoms with E-state index in [1.807, 2.05) is 0 Å². The maximum Gasteiger partial charge on any atom is 0.322 e. The van der Waals surface area contributed by atoms with Crippen LogP contribution in [0.25, 0.3) is 11.6 Å². The van der Waals surface area contributed by atoms with E-state index in [1.165, 1.54) is 6.07 Å². The molecule has 0 unspecified atom stereocenters. The molecule has 1 N–H and O–H groups in total. The lowest BCUT2D eigenvalue weighted by Crippen LogP contribution is -2.20. The summed E-state index contributed by atoms with van der Waals surface area (Å²) in [6.07, 6.45) is 1.60. The number of rotatable bonds is 5. The second-order valence-electron chi connectivity index (χ2n) is 4.54. The van der Waals surface area contributed by atoms with Gasteiger partial charge >= 0.3 is 6.01 Å². The van der Waals surface area contributed by atoms with Gasteiger partial charge in [0.1, 0.15) is 11.4 Å². The Kier molecular flexibility index (Phi) is 4.93. The van der Waals surface area contributed by atoms with Crippen molar-refractivity contribution in [1.82, 2.24) is 15.2 Å². The van der Waals surface area contributed by atoms with E-state index in [1.54, 1.807) is 36.5 Å². The monoisotopic (exact) mass is 364 g/mol. The minimum absolute atomic E-state index is 0.0496. The number of carbonyl (C=O) groups excluding carboxylic acids is 1. The Balaban J connectivity index is 1.58. The van der Waals surface area contributed by atoms with Crippen molar-refractivity contribution in [1.29, 1.82) is 0 Å². The van der Waals surface area contributed by atoms with Gasteiger partial charge in [0.2, 0.25) is 0 Å². The number of hydrogen-bond donors (Lipinski definition) is 1. The third-order valence-electron chi connectivity index (χ3n) is 2.81. The van der Waals surface area contributed by atoms with Crippen LogP contribution in [-0.2, 0) is 4.79 Å². The van der Waals surface area contributed by atoms with Crippen LogP contribution in [0.4, 0.5) is 6.01 Å². The molecule has 122 valence electrons. The highest BCUT2D eigenvalue weighted by Gasteiger charge is 2.13. The Morgan fingerprint density at radius 3 is 2.83 bits per heavy atom. The Bertz CT molecular complexity index is 855. The molecular formula is C15H10Cl2N4O3. The summed E-state index contributed by atoms with van der Waals surface area (Å²) in [6.45, 7) is -0.275. The zero-order valence-electron chi connectivity index (χ0n) is 12.1. The van der Waals surface area contributed by atoms with Crippen LogP contribution in [-0.4, -0.2) is 27.7 Å². The summed E-state index contributed by atoms with van der Waals surface area (Å²) in [5.74, 6) is 0.0701. The van der Waals surface area contributed by atoms with Gasteiger partial charge in [-0.2, -0.15) is 0 Å². The lowest BCUT2D eigenvalue weighted by molar-refractivity contribution is -0.118. The summed E-state index contributed by atoms with van der Waals surface area (Å²) in [5, 5.41) is 10.8. The number of aromatic nitrogens is 3. The fourth-order valence-electron chi connectivity index (χ4n) is 1.76. The first-order valence-corrected chi connectivity index (χ1v) is 7.50. The number of carbonyl (C=O) groups is 1. The molecule has 0 radical (unpaired) electrons. The number of hydrogen-bond acceptors (Lipinski definition) is 6. The number of amides is 1. The highest BCUT2D eigenvalue weighted by atomic mass is 35.5. The van der Waals surface area contributed by atoms with Crippen LogP contribution in [0.3, 0.4) is 0 Å². The van der Waals surface area contributed by atoms with Crippen molar-refractivity contribution in [3.63, 3.8) is 0 Å². The van der Waals surface area contributed by atoms with Gasteiger partial charge in [-0.15, -0.1) is 5.10 Å². The average molecular weight is 365 g/mol. The third kappa shape index (κ3) is 4.01. The molecule has 1 amide bonds. The first kappa shape index (κ1) is 16.2. The van der Waals surface area contributed by atoms with Crippen LogP contribution in [0, 0.1) is 0 Å². The minimum Gasteiger partial charge on any atom is -0.482 e. The van der Waals surface area contributed by atoms with E-state index in [9.17, 15) is 4.79 Å². The Hall–Kier alpha value is -2.64. The zero-order chi connectivity index (χ0) is 16.9. The molecule has 9 heteroatoms. The number of nitrogens with one attached hydrogen (secondary N) is 1. The predicted octanol–water partition coefficient (Wildman–Crippen LogP) is 3.46. The Morgan fingerprint density at radius 2 is 2.08 bits per heavy atom.